The van der Waals surface area contributed by atoms with Gasteiger partial charge in [0.25, 0.3) is 6.43 Å². The van der Waals surface area contributed by atoms with Crippen LogP contribution in [-0.2, 0) is 4.74 Å². The first-order chi connectivity index (χ1) is 6.66. The normalized spacial score (nSPS) is 13.1. The molecule has 0 spiro atoms. The van der Waals surface area contributed by atoms with Crippen LogP contribution in [0.25, 0.3) is 0 Å². The molecule has 0 saturated carbocycles. The summed E-state index contributed by atoms with van der Waals surface area (Å²) in [4.78, 5) is 0. The molecule has 0 aliphatic heterocycles. The summed E-state index contributed by atoms with van der Waals surface area (Å²) in [5.74, 6) is 0. The third-order valence-electron chi connectivity index (χ3n) is 1.86. The van der Waals surface area contributed by atoms with Crippen LogP contribution in [0.5, 0.6) is 0 Å². The monoisotopic (exact) mass is 207 g/mol. The van der Waals surface area contributed by atoms with Gasteiger partial charge in [0, 0.05) is 12.6 Å². The van der Waals surface area contributed by atoms with Crippen molar-refractivity contribution in [3.63, 3.8) is 0 Å². The molecule has 4 heteroatoms. The van der Waals surface area contributed by atoms with Crippen molar-refractivity contribution in [3.8, 4) is 0 Å². The molecule has 0 bridgehead atoms. The van der Waals surface area contributed by atoms with E-state index in [1.165, 1.54) is 0 Å². The zero-order valence-electron chi connectivity index (χ0n) is 8.42. The van der Waals surface area contributed by atoms with Gasteiger partial charge in [0.2, 0.25) is 0 Å². The Morgan fingerprint density at radius 3 is 2.64 bits per heavy atom. The molecule has 0 heterocycles. The topological polar surface area (TPSA) is 35.2 Å². The molecule has 2 nitrogen and oxygen atoms in total. The van der Waals surface area contributed by atoms with Gasteiger partial charge >= 0.3 is 0 Å². The van der Waals surface area contributed by atoms with Crippen LogP contribution in [0.2, 0.25) is 0 Å². The van der Waals surface area contributed by atoms with E-state index in [1.54, 1.807) is 0 Å². The zero-order valence-corrected chi connectivity index (χ0v) is 8.42. The lowest BCUT2D eigenvalue weighted by atomic mass is 10.1. The van der Waals surface area contributed by atoms with Gasteiger partial charge in [0.05, 0.1) is 0 Å². The van der Waals surface area contributed by atoms with E-state index in [-0.39, 0.29) is 6.04 Å². The SMILES string of the molecule is C=CCCCC(N)CCOCC(F)F. The van der Waals surface area contributed by atoms with Crippen LogP contribution in [0.1, 0.15) is 25.7 Å². The minimum Gasteiger partial charge on any atom is -0.375 e. The van der Waals surface area contributed by atoms with Crippen molar-refractivity contribution < 1.29 is 13.5 Å². The Labute approximate surface area is 84.1 Å². The van der Waals surface area contributed by atoms with Crippen molar-refractivity contribution in [2.24, 2.45) is 5.73 Å². The maximum absolute atomic E-state index is 11.6. The highest BCUT2D eigenvalue weighted by molar-refractivity contribution is 4.69. The van der Waals surface area contributed by atoms with Crippen molar-refractivity contribution >= 4 is 0 Å². The fourth-order valence-electron chi connectivity index (χ4n) is 1.08. The van der Waals surface area contributed by atoms with Gasteiger partial charge in [-0.2, -0.15) is 0 Å². The lowest BCUT2D eigenvalue weighted by molar-refractivity contribution is 0.0151. The summed E-state index contributed by atoms with van der Waals surface area (Å²) >= 11 is 0. The average Bonchev–Trinajstić information content (AvgIpc) is 2.13. The molecule has 0 rings (SSSR count). The number of unbranched alkanes of at least 4 members (excludes halogenated alkanes) is 1. The molecule has 1 atom stereocenters. The van der Waals surface area contributed by atoms with E-state index < -0.39 is 13.0 Å². The predicted octanol–water partition coefficient (Wildman–Crippen LogP) is 2.34. The molecule has 1 unspecified atom stereocenters. The quantitative estimate of drug-likeness (QED) is 0.465. The summed E-state index contributed by atoms with van der Waals surface area (Å²) in [5.41, 5.74) is 5.73. The number of hydrogen-bond acceptors (Lipinski definition) is 2. The van der Waals surface area contributed by atoms with Crippen LogP contribution < -0.4 is 5.73 Å². The molecule has 0 aromatic heterocycles. The lowest BCUT2D eigenvalue weighted by Crippen LogP contribution is -2.22. The minimum absolute atomic E-state index is 0.0487. The van der Waals surface area contributed by atoms with E-state index >= 15 is 0 Å². The molecule has 0 aliphatic rings. The number of alkyl halides is 2. The summed E-state index contributed by atoms with van der Waals surface area (Å²) in [6.07, 6.45) is 2.95. The van der Waals surface area contributed by atoms with E-state index in [0.717, 1.165) is 19.3 Å². The summed E-state index contributed by atoms with van der Waals surface area (Å²) in [7, 11) is 0. The Morgan fingerprint density at radius 1 is 1.36 bits per heavy atom. The van der Waals surface area contributed by atoms with Gasteiger partial charge in [-0.1, -0.05) is 6.08 Å². The highest BCUT2D eigenvalue weighted by atomic mass is 19.3. The van der Waals surface area contributed by atoms with Crippen molar-refractivity contribution in [2.45, 2.75) is 38.2 Å². The van der Waals surface area contributed by atoms with Crippen LogP contribution >= 0.6 is 0 Å². The third-order valence-corrected chi connectivity index (χ3v) is 1.86. The van der Waals surface area contributed by atoms with Crippen molar-refractivity contribution in [1.29, 1.82) is 0 Å². The fourth-order valence-corrected chi connectivity index (χ4v) is 1.08. The molecule has 0 aliphatic carbocycles. The van der Waals surface area contributed by atoms with Crippen LogP contribution in [0.4, 0.5) is 8.78 Å². The van der Waals surface area contributed by atoms with Gasteiger partial charge in [0.15, 0.2) is 0 Å². The molecule has 0 amide bonds. The van der Waals surface area contributed by atoms with Crippen LogP contribution in [0, 0.1) is 0 Å². The second-order valence-electron chi connectivity index (χ2n) is 3.23. The molecular weight excluding hydrogens is 188 g/mol. The van der Waals surface area contributed by atoms with E-state index in [1.807, 2.05) is 6.08 Å². The number of hydrogen-bond donors (Lipinski definition) is 1. The lowest BCUT2D eigenvalue weighted by Gasteiger charge is -2.10. The Kier molecular flexibility index (Phi) is 8.78. The number of rotatable bonds is 9. The summed E-state index contributed by atoms with van der Waals surface area (Å²) < 4.78 is 28.0. The summed E-state index contributed by atoms with van der Waals surface area (Å²) in [6.45, 7) is 3.44. The maximum Gasteiger partial charge on any atom is 0.261 e. The molecule has 14 heavy (non-hydrogen) atoms. The zero-order chi connectivity index (χ0) is 10.8. The number of allylic oxidation sites excluding steroid dienone is 1. The highest BCUT2D eigenvalue weighted by Crippen LogP contribution is 2.03. The molecule has 0 fully saturated rings. The van der Waals surface area contributed by atoms with E-state index in [2.05, 4.69) is 6.58 Å². The predicted molar refractivity (Wildman–Crippen MR) is 53.5 cm³/mol. The second kappa shape index (κ2) is 9.09. The van der Waals surface area contributed by atoms with Crippen molar-refractivity contribution in [3.05, 3.63) is 12.7 Å². The van der Waals surface area contributed by atoms with Crippen molar-refractivity contribution in [2.75, 3.05) is 13.2 Å². The summed E-state index contributed by atoms with van der Waals surface area (Å²) in [6, 6.07) is 0.0487. The Morgan fingerprint density at radius 2 is 2.07 bits per heavy atom. The Balaban J connectivity index is 3.17. The summed E-state index contributed by atoms with van der Waals surface area (Å²) in [5, 5.41) is 0. The van der Waals surface area contributed by atoms with E-state index in [9.17, 15) is 8.78 Å². The number of halogens is 2. The fraction of sp³-hybridized carbons (Fsp3) is 0.800. The standard InChI is InChI=1S/C10H19F2NO/c1-2-3-4-5-9(13)6-7-14-8-10(11)12/h2,9-10H,1,3-8,13H2. The molecule has 84 valence electrons. The minimum atomic E-state index is -2.38. The van der Waals surface area contributed by atoms with Crippen molar-refractivity contribution in [1.82, 2.24) is 0 Å². The van der Waals surface area contributed by atoms with Crippen LogP contribution in [-0.4, -0.2) is 25.7 Å². The van der Waals surface area contributed by atoms with E-state index in [4.69, 9.17) is 10.5 Å². The second-order valence-corrected chi connectivity index (χ2v) is 3.23. The Bertz CT molecular complexity index is 142. The molecule has 0 aromatic carbocycles. The van der Waals surface area contributed by atoms with Crippen LogP contribution in [0.3, 0.4) is 0 Å². The average molecular weight is 207 g/mol. The van der Waals surface area contributed by atoms with Crippen LogP contribution in [0.15, 0.2) is 12.7 Å². The first-order valence-corrected chi connectivity index (χ1v) is 4.89. The third kappa shape index (κ3) is 9.61. The molecular formula is C10H19F2NO. The number of ether oxygens (including phenoxy) is 1. The smallest absolute Gasteiger partial charge is 0.261 e. The van der Waals surface area contributed by atoms with E-state index in [0.29, 0.717) is 13.0 Å². The van der Waals surface area contributed by atoms with Gasteiger partial charge in [-0.05, 0) is 25.7 Å². The molecule has 0 aromatic rings. The molecule has 0 saturated heterocycles. The van der Waals surface area contributed by atoms with Gasteiger partial charge in [-0.15, -0.1) is 6.58 Å². The molecule has 0 radical (unpaired) electrons. The van der Waals surface area contributed by atoms with Gasteiger partial charge in [-0.3, -0.25) is 0 Å². The number of nitrogens with two attached hydrogens (primary N) is 1. The largest absolute Gasteiger partial charge is 0.375 e. The van der Waals surface area contributed by atoms with Gasteiger partial charge in [0.1, 0.15) is 6.61 Å². The Hall–Kier alpha value is -0.480. The van der Waals surface area contributed by atoms with Gasteiger partial charge < -0.3 is 10.5 Å². The maximum atomic E-state index is 11.6. The first-order valence-electron chi connectivity index (χ1n) is 4.89. The molecule has 2 N–H and O–H groups in total. The van der Waals surface area contributed by atoms with Gasteiger partial charge in [-0.25, -0.2) is 8.78 Å². The highest BCUT2D eigenvalue weighted by Gasteiger charge is 2.04. The first kappa shape index (κ1) is 13.5.